The fraction of sp³-hybridized carbons (Fsp3) is 0.154. The lowest BCUT2D eigenvalue weighted by atomic mass is 10.2. The molecule has 0 unspecified atom stereocenters. The number of fused-ring (bicyclic) bond motifs is 1. The Labute approximate surface area is 115 Å². The van der Waals surface area contributed by atoms with Gasteiger partial charge in [0.2, 0.25) is 0 Å². The third-order valence-electron chi connectivity index (χ3n) is 2.89. The maximum Gasteiger partial charge on any atom is 0.162 e. The molecule has 0 saturated carbocycles. The molecule has 2 aromatic heterocycles. The molecule has 0 spiro atoms. The van der Waals surface area contributed by atoms with Crippen molar-refractivity contribution in [3.05, 3.63) is 30.7 Å². The van der Waals surface area contributed by atoms with E-state index in [4.69, 9.17) is 9.47 Å². The Morgan fingerprint density at radius 3 is 2.60 bits per heavy atom. The van der Waals surface area contributed by atoms with E-state index in [2.05, 4.69) is 25.5 Å². The van der Waals surface area contributed by atoms with Gasteiger partial charge < -0.3 is 14.8 Å². The summed E-state index contributed by atoms with van der Waals surface area (Å²) in [6.45, 7) is 0. The molecule has 2 N–H and O–H groups in total. The summed E-state index contributed by atoms with van der Waals surface area (Å²) in [4.78, 5) is 8.48. The number of aromatic nitrogens is 4. The zero-order valence-corrected chi connectivity index (χ0v) is 11.0. The summed E-state index contributed by atoms with van der Waals surface area (Å²) in [7, 11) is 3.18. The fourth-order valence-electron chi connectivity index (χ4n) is 1.93. The number of rotatable bonds is 4. The molecule has 0 amide bonds. The molecule has 7 nitrogen and oxygen atoms in total. The van der Waals surface area contributed by atoms with Gasteiger partial charge in [-0.15, -0.1) is 0 Å². The minimum absolute atomic E-state index is 0.625. The van der Waals surface area contributed by atoms with E-state index in [1.54, 1.807) is 20.4 Å². The van der Waals surface area contributed by atoms with Gasteiger partial charge in [0.25, 0.3) is 0 Å². The van der Waals surface area contributed by atoms with Crippen LogP contribution in [0.5, 0.6) is 11.5 Å². The fourth-order valence-corrected chi connectivity index (χ4v) is 1.93. The molecule has 0 saturated heterocycles. The highest BCUT2D eigenvalue weighted by molar-refractivity contribution is 5.92. The molecule has 3 rings (SSSR count). The maximum absolute atomic E-state index is 5.30. The summed E-state index contributed by atoms with van der Waals surface area (Å²) in [5, 5.41) is 10.7. The minimum Gasteiger partial charge on any atom is -0.493 e. The van der Waals surface area contributed by atoms with Crippen LogP contribution in [0.25, 0.3) is 10.9 Å². The van der Waals surface area contributed by atoms with Crippen LogP contribution in [0, 0.1) is 0 Å². The lowest BCUT2D eigenvalue weighted by Crippen LogP contribution is -1.98. The van der Waals surface area contributed by atoms with Gasteiger partial charge in [-0.25, -0.2) is 9.97 Å². The first-order chi connectivity index (χ1) is 9.81. The van der Waals surface area contributed by atoms with Gasteiger partial charge in [0.1, 0.15) is 12.1 Å². The van der Waals surface area contributed by atoms with Crippen LogP contribution in [0.2, 0.25) is 0 Å². The SMILES string of the molecule is COc1cc2ncnc(Nc3cc[nH]n3)c2cc1OC. The Balaban J connectivity index is 2.13. The number of benzene rings is 1. The number of nitrogens with one attached hydrogen (secondary N) is 2. The number of H-pyrrole nitrogens is 1. The Hall–Kier alpha value is -2.83. The molecule has 1 aromatic carbocycles. The van der Waals surface area contributed by atoms with E-state index in [-0.39, 0.29) is 0 Å². The van der Waals surface area contributed by atoms with E-state index < -0.39 is 0 Å². The summed E-state index contributed by atoms with van der Waals surface area (Å²) in [5.74, 6) is 2.59. The Morgan fingerprint density at radius 2 is 1.90 bits per heavy atom. The van der Waals surface area contributed by atoms with Crippen LogP contribution < -0.4 is 14.8 Å². The number of anilines is 2. The first kappa shape index (κ1) is 12.2. The van der Waals surface area contributed by atoms with Crippen LogP contribution >= 0.6 is 0 Å². The first-order valence-corrected chi connectivity index (χ1v) is 5.95. The first-order valence-electron chi connectivity index (χ1n) is 5.95. The third kappa shape index (κ3) is 2.09. The van der Waals surface area contributed by atoms with Gasteiger partial charge >= 0.3 is 0 Å². The second-order valence-corrected chi connectivity index (χ2v) is 4.03. The quantitative estimate of drug-likeness (QED) is 0.756. The molecule has 0 fully saturated rings. The van der Waals surface area contributed by atoms with E-state index in [1.165, 1.54) is 6.33 Å². The highest BCUT2D eigenvalue weighted by Gasteiger charge is 2.11. The van der Waals surface area contributed by atoms with Gasteiger partial charge in [0.15, 0.2) is 17.3 Å². The molecule has 0 bridgehead atoms. The van der Waals surface area contributed by atoms with Gasteiger partial charge in [-0.3, -0.25) is 5.10 Å². The maximum atomic E-state index is 5.30. The Kier molecular flexibility index (Phi) is 3.08. The second kappa shape index (κ2) is 5.04. The van der Waals surface area contributed by atoms with Gasteiger partial charge in [0.05, 0.1) is 19.7 Å². The molecule has 0 atom stereocenters. The van der Waals surface area contributed by atoms with Crippen molar-refractivity contribution in [3.8, 4) is 11.5 Å². The van der Waals surface area contributed by atoms with E-state index in [9.17, 15) is 0 Å². The number of aromatic amines is 1. The standard InChI is InChI=1S/C13H13N5O2/c1-19-10-5-8-9(6-11(10)20-2)14-7-15-13(8)17-12-3-4-16-18-12/h3-7H,1-2H3,(H2,14,15,16,17,18). The lowest BCUT2D eigenvalue weighted by Gasteiger charge is -2.11. The van der Waals surface area contributed by atoms with Gasteiger partial charge in [-0.05, 0) is 6.07 Å². The second-order valence-electron chi connectivity index (χ2n) is 4.03. The molecule has 20 heavy (non-hydrogen) atoms. The monoisotopic (exact) mass is 271 g/mol. The lowest BCUT2D eigenvalue weighted by molar-refractivity contribution is 0.356. The van der Waals surface area contributed by atoms with E-state index in [0.29, 0.717) is 23.1 Å². The van der Waals surface area contributed by atoms with Crippen LogP contribution in [0.4, 0.5) is 11.6 Å². The number of ether oxygens (including phenoxy) is 2. The normalized spacial score (nSPS) is 10.5. The predicted octanol–water partition coefficient (Wildman–Crippen LogP) is 2.11. The highest BCUT2D eigenvalue weighted by Crippen LogP contribution is 2.34. The van der Waals surface area contributed by atoms with Crippen molar-refractivity contribution in [1.29, 1.82) is 0 Å². The minimum atomic E-state index is 0.625. The van der Waals surface area contributed by atoms with Crippen LogP contribution in [-0.2, 0) is 0 Å². The van der Waals surface area contributed by atoms with Gasteiger partial charge in [-0.1, -0.05) is 0 Å². The molecule has 0 radical (unpaired) electrons. The van der Waals surface area contributed by atoms with Crippen molar-refractivity contribution in [3.63, 3.8) is 0 Å². The number of hydrogen-bond acceptors (Lipinski definition) is 6. The molecular formula is C13H13N5O2. The van der Waals surface area contributed by atoms with Crippen LogP contribution in [0.15, 0.2) is 30.7 Å². The smallest absolute Gasteiger partial charge is 0.162 e. The molecular weight excluding hydrogens is 258 g/mol. The number of methoxy groups -OCH3 is 2. The van der Waals surface area contributed by atoms with Crippen molar-refractivity contribution in [2.24, 2.45) is 0 Å². The van der Waals surface area contributed by atoms with Gasteiger partial charge in [-0.2, -0.15) is 5.10 Å². The van der Waals surface area contributed by atoms with Crippen LogP contribution in [0.1, 0.15) is 0 Å². The van der Waals surface area contributed by atoms with Crippen LogP contribution in [-0.4, -0.2) is 34.4 Å². The Bertz CT molecular complexity index is 727. The summed E-state index contributed by atoms with van der Waals surface area (Å²) in [6, 6.07) is 5.46. The average Bonchev–Trinajstić information content (AvgIpc) is 2.99. The molecule has 0 aliphatic carbocycles. The van der Waals surface area contributed by atoms with E-state index in [0.717, 1.165) is 10.9 Å². The summed E-state index contributed by atoms with van der Waals surface area (Å²) >= 11 is 0. The molecule has 3 aromatic rings. The largest absolute Gasteiger partial charge is 0.493 e. The summed E-state index contributed by atoms with van der Waals surface area (Å²) < 4.78 is 10.6. The van der Waals surface area contributed by atoms with Crippen molar-refractivity contribution in [2.75, 3.05) is 19.5 Å². The van der Waals surface area contributed by atoms with Crippen molar-refractivity contribution in [2.45, 2.75) is 0 Å². The molecule has 0 aliphatic heterocycles. The molecule has 102 valence electrons. The topological polar surface area (TPSA) is 85.0 Å². The third-order valence-corrected chi connectivity index (χ3v) is 2.89. The van der Waals surface area contributed by atoms with Crippen molar-refractivity contribution in [1.82, 2.24) is 20.2 Å². The Morgan fingerprint density at radius 1 is 1.10 bits per heavy atom. The van der Waals surface area contributed by atoms with Crippen LogP contribution in [0.3, 0.4) is 0 Å². The van der Waals surface area contributed by atoms with Crippen molar-refractivity contribution < 1.29 is 9.47 Å². The van der Waals surface area contributed by atoms with Crippen molar-refractivity contribution >= 4 is 22.5 Å². The molecule has 7 heteroatoms. The molecule has 0 aliphatic rings. The zero-order valence-electron chi connectivity index (χ0n) is 11.0. The van der Waals surface area contributed by atoms with E-state index in [1.807, 2.05) is 18.2 Å². The summed E-state index contributed by atoms with van der Waals surface area (Å²) in [5.41, 5.74) is 0.760. The molecule has 2 heterocycles. The predicted molar refractivity (Wildman–Crippen MR) is 74.5 cm³/mol. The van der Waals surface area contributed by atoms with Gasteiger partial charge in [0, 0.05) is 23.7 Å². The number of hydrogen-bond donors (Lipinski definition) is 2. The summed E-state index contributed by atoms with van der Waals surface area (Å²) in [6.07, 6.45) is 3.22. The zero-order chi connectivity index (χ0) is 13.9. The highest BCUT2D eigenvalue weighted by atomic mass is 16.5. The number of nitrogens with zero attached hydrogens (tertiary/aromatic N) is 3. The van der Waals surface area contributed by atoms with E-state index >= 15 is 0 Å². The average molecular weight is 271 g/mol.